The Bertz CT molecular complexity index is 1080. The highest BCUT2D eigenvalue weighted by Gasteiger charge is 2.35. The maximum Gasteiger partial charge on any atom is 0.232 e. The second-order valence-corrected chi connectivity index (χ2v) is 10.5. The Balaban J connectivity index is 1.29. The van der Waals surface area contributed by atoms with Crippen molar-refractivity contribution in [2.45, 2.75) is 18.9 Å². The molecule has 0 N–H and O–H groups in total. The van der Waals surface area contributed by atoms with E-state index in [2.05, 4.69) is 9.88 Å². The first-order valence-corrected chi connectivity index (χ1v) is 12.9. The fraction of sp³-hybridized carbons (Fsp3) is 0.478. The summed E-state index contributed by atoms with van der Waals surface area (Å²) < 4.78 is 28.9. The number of amides is 1. The molecule has 1 aromatic heterocycles. The molecule has 5 rings (SSSR count). The Labute approximate surface area is 200 Å². The summed E-state index contributed by atoms with van der Waals surface area (Å²) in [6.45, 7) is 2.41. The van der Waals surface area contributed by atoms with E-state index in [1.165, 1.54) is 7.11 Å². The van der Waals surface area contributed by atoms with E-state index in [1.807, 2.05) is 29.2 Å². The van der Waals surface area contributed by atoms with Gasteiger partial charge in [0.15, 0.2) is 0 Å². The van der Waals surface area contributed by atoms with E-state index >= 15 is 0 Å². The lowest BCUT2D eigenvalue weighted by molar-refractivity contribution is -0.133. The summed E-state index contributed by atoms with van der Waals surface area (Å²) in [6.07, 6.45) is 3.15. The molecular weight excluding hydrogens is 466 g/mol. The number of rotatable bonds is 5. The molecule has 176 valence electrons. The maximum atomic E-state index is 12.7. The summed E-state index contributed by atoms with van der Waals surface area (Å²) in [6, 6.07) is 7.58. The molecule has 0 aliphatic carbocycles. The average molecular weight is 492 g/mol. The Morgan fingerprint density at radius 1 is 1.27 bits per heavy atom. The molecule has 0 saturated carbocycles. The zero-order chi connectivity index (χ0) is 22.9. The van der Waals surface area contributed by atoms with Crippen LogP contribution in [0, 0.1) is 5.92 Å². The van der Waals surface area contributed by atoms with Crippen LogP contribution in [0.25, 0.3) is 0 Å². The number of fused-ring (bicyclic) bond motifs is 1. The molecule has 10 heteroatoms. The largest absolute Gasteiger partial charge is 0.490 e. The minimum atomic E-state index is -0.853. The summed E-state index contributed by atoms with van der Waals surface area (Å²) in [5, 5.41) is 0.442. The summed E-state index contributed by atoms with van der Waals surface area (Å²) in [5.74, 6) is 2.99. The molecule has 2 unspecified atom stereocenters. The number of hydrogen-bond donors (Lipinski definition) is 0. The van der Waals surface area contributed by atoms with Crippen LogP contribution in [-0.2, 0) is 15.6 Å². The maximum absolute atomic E-state index is 12.7. The van der Waals surface area contributed by atoms with Crippen LogP contribution in [0.5, 0.6) is 17.4 Å². The van der Waals surface area contributed by atoms with Gasteiger partial charge in [0.05, 0.1) is 43.7 Å². The summed E-state index contributed by atoms with van der Waals surface area (Å²) in [5.41, 5.74) is 1.72. The molecule has 0 radical (unpaired) electrons. The van der Waals surface area contributed by atoms with Gasteiger partial charge in [-0.05, 0) is 24.6 Å². The van der Waals surface area contributed by atoms with Crippen LogP contribution in [0.15, 0.2) is 30.5 Å². The van der Waals surface area contributed by atoms with Crippen molar-refractivity contribution in [3.8, 4) is 17.4 Å². The lowest BCUT2D eigenvalue weighted by atomic mass is 10.1. The third-order valence-corrected chi connectivity index (χ3v) is 8.02. The van der Waals surface area contributed by atoms with E-state index in [1.54, 1.807) is 6.20 Å². The van der Waals surface area contributed by atoms with E-state index in [0.717, 1.165) is 35.7 Å². The second-order valence-electron chi connectivity index (χ2n) is 8.42. The number of benzene rings is 1. The topological polar surface area (TPSA) is 81.2 Å². The number of ether oxygens (including phenoxy) is 3. The van der Waals surface area contributed by atoms with Crippen molar-refractivity contribution < 1.29 is 23.2 Å². The van der Waals surface area contributed by atoms with Gasteiger partial charge >= 0.3 is 0 Å². The molecule has 0 spiro atoms. The highest BCUT2D eigenvalue weighted by Crippen LogP contribution is 2.40. The molecule has 8 nitrogen and oxygen atoms in total. The summed E-state index contributed by atoms with van der Waals surface area (Å²) in [4.78, 5) is 21.0. The molecule has 3 aliphatic heterocycles. The highest BCUT2D eigenvalue weighted by molar-refractivity contribution is 7.85. The number of carbonyl (C=O) groups excluding carboxylic acids is 1. The van der Waals surface area contributed by atoms with Crippen LogP contribution in [0.2, 0.25) is 5.02 Å². The van der Waals surface area contributed by atoms with Crippen molar-refractivity contribution in [1.82, 2.24) is 9.88 Å². The van der Waals surface area contributed by atoms with Gasteiger partial charge in [-0.25, -0.2) is 4.98 Å². The SMILES string of the molecule is COc1ncc(N2CCOc3ccc(O[C@H]4CCN(C(=O)C5CCS(=O)C5)C4)cc32)cc1Cl. The van der Waals surface area contributed by atoms with Crippen molar-refractivity contribution in [1.29, 1.82) is 0 Å². The van der Waals surface area contributed by atoms with Crippen molar-refractivity contribution >= 4 is 39.7 Å². The first-order chi connectivity index (χ1) is 16.0. The van der Waals surface area contributed by atoms with Gasteiger partial charge < -0.3 is 24.0 Å². The fourth-order valence-electron chi connectivity index (χ4n) is 4.59. The number of methoxy groups -OCH3 is 1. The van der Waals surface area contributed by atoms with Crippen LogP contribution >= 0.6 is 11.6 Å². The van der Waals surface area contributed by atoms with Gasteiger partial charge in [-0.1, -0.05) is 11.6 Å². The van der Waals surface area contributed by atoms with Crippen LogP contribution < -0.4 is 19.1 Å². The lowest BCUT2D eigenvalue weighted by Gasteiger charge is -2.31. The smallest absolute Gasteiger partial charge is 0.232 e. The number of halogens is 1. The van der Waals surface area contributed by atoms with Gasteiger partial charge in [-0.2, -0.15) is 0 Å². The Kier molecular flexibility index (Phi) is 6.34. The van der Waals surface area contributed by atoms with Crippen LogP contribution in [0.1, 0.15) is 12.8 Å². The zero-order valence-corrected chi connectivity index (χ0v) is 19.9. The predicted octanol–water partition coefficient (Wildman–Crippen LogP) is 3.02. The first-order valence-electron chi connectivity index (χ1n) is 11.1. The molecule has 3 aliphatic rings. The molecule has 4 heterocycles. The molecule has 2 fully saturated rings. The zero-order valence-electron chi connectivity index (χ0n) is 18.4. The van der Waals surface area contributed by atoms with Gasteiger partial charge in [-0.3, -0.25) is 9.00 Å². The lowest BCUT2D eigenvalue weighted by Crippen LogP contribution is -2.36. The van der Waals surface area contributed by atoms with Crippen LogP contribution in [0.3, 0.4) is 0 Å². The van der Waals surface area contributed by atoms with Gasteiger partial charge in [-0.15, -0.1) is 0 Å². The van der Waals surface area contributed by atoms with Gasteiger partial charge in [0.2, 0.25) is 11.8 Å². The van der Waals surface area contributed by atoms with Crippen LogP contribution in [-0.4, -0.2) is 71.0 Å². The second kappa shape index (κ2) is 9.38. The standard InChI is InChI=1S/C23H26ClN3O5S/c1-30-22-19(24)10-16(12-25-22)27-7-8-31-21-3-2-17(11-20(21)27)32-18-4-6-26(13-18)23(28)15-5-9-33(29)14-15/h2-3,10-12,15,18H,4-9,13-14H2,1H3/t15?,18-,33?/m0/s1. The van der Waals surface area contributed by atoms with Gasteiger partial charge in [0, 0.05) is 41.3 Å². The van der Waals surface area contributed by atoms with Crippen molar-refractivity contribution in [3.05, 3.63) is 35.5 Å². The number of nitrogens with zero attached hydrogens (tertiary/aromatic N) is 3. The highest BCUT2D eigenvalue weighted by atomic mass is 35.5. The van der Waals surface area contributed by atoms with E-state index in [4.69, 9.17) is 25.8 Å². The van der Waals surface area contributed by atoms with Gasteiger partial charge in [0.1, 0.15) is 29.2 Å². The monoisotopic (exact) mass is 491 g/mol. The number of aromatic nitrogens is 1. The Hall–Kier alpha value is -2.52. The minimum absolute atomic E-state index is 0.0750. The molecule has 1 amide bonds. The number of hydrogen-bond acceptors (Lipinski definition) is 7. The molecule has 1 aromatic carbocycles. The van der Waals surface area contributed by atoms with Crippen molar-refractivity contribution in [3.63, 3.8) is 0 Å². The molecule has 0 bridgehead atoms. The first kappa shape index (κ1) is 22.3. The number of pyridine rings is 1. The fourth-order valence-corrected chi connectivity index (χ4v) is 6.30. The normalized spacial score (nSPS) is 24.4. The molecule has 33 heavy (non-hydrogen) atoms. The van der Waals surface area contributed by atoms with Crippen molar-refractivity contribution in [2.24, 2.45) is 5.92 Å². The van der Waals surface area contributed by atoms with E-state index < -0.39 is 10.8 Å². The summed E-state index contributed by atoms with van der Waals surface area (Å²) in [7, 11) is 0.682. The van der Waals surface area contributed by atoms with E-state index in [0.29, 0.717) is 48.6 Å². The average Bonchev–Trinajstić information content (AvgIpc) is 3.47. The number of carbonyl (C=O) groups is 1. The molecular formula is C23H26ClN3O5S. The molecule has 3 atom stereocenters. The predicted molar refractivity (Wildman–Crippen MR) is 126 cm³/mol. The van der Waals surface area contributed by atoms with E-state index in [9.17, 15) is 9.00 Å². The molecule has 2 aromatic rings. The Morgan fingerprint density at radius 3 is 2.91 bits per heavy atom. The van der Waals surface area contributed by atoms with Crippen molar-refractivity contribution in [2.75, 3.05) is 49.8 Å². The third kappa shape index (κ3) is 4.61. The number of likely N-dealkylation sites (tertiary alicyclic amines) is 1. The molecule has 2 saturated heterocycles. The van der Waals surface area contributed by atoms with Gasteiger partial charge in [0.25, 0.3) is 0 Å². The Morgan fingerprint density at radius 2 is 2.15 bits per heavy atom. The third-order valence-electron chi connectivity index (χ3n) is 6.28. The quantitative estimate of drug-likeness (QED) is 0.636. The van der Waals surface area contributed by atoms with E-state index in [-0.39, 0.29) is 17.9 Å². The summed E-state index contributed by atoms with van der Waals surface area (Å²) >= 11 is 6.30. The minimum Gasteiger partial charge on any atom is -0.490 e. The number of anilines is 2. The van der Waals surface area contributed by atoms with Crippen LogP contribution in [0.4, 0.5) is 11.4 Å².